The van der Waals surface area contributed by atoms with Crippen molar-refractivity contribution in [1.82, 2.24) is 4.98 Å². The third-order valence-electron chi connectivity index (χ3n) is 2.69. The van der Waals surface area contributed by atoms with Crippen molar-refractivity contribution < 1.29 is 14.3 Å². The monoisotopic (exact) mass is 326 g/mol. The van der Waals surface area contributed by atoms with Gasteiger partial charge in [-0.2, -0.15) is 4.98 Å². The number of benzene rings is 1. The number of nitrogens with zero attached hydrogens (tertiary/aromatic N) is 1. The molecule has 0 unspecified atom stereocenters. The number of hydrogen-bond donors (Lipinski definition) is 2. The molecule has 0 spiro atoms. The van der Waals surface area contributed by atoms with E-state index in [1.807, 2.05) is 0 Å². The SMILES string of the molecule is Cc1c(Br)ccc2oc(N[C@@H](C)C(=O)O)nc(=O)c12. The van der Waals surface area contributed by atoms with Gasteiger partial charge in [-0.15, -0.1) is 0 Å². The summed E-state index contributed by atoms with van der Waals surface area (Å²) in [6.07, 6.45) is 0. The number of fused-ring (bicyclic) bond motifs is 1. The number of nitrogens with one attached hydrogen (secondary N) is 1. The zero-order valence-electron chi connectivity index (χ0n) is 10.2. The van der Waals surface area contributed by atoms with E-state index in [2.05, 4.69) is 26.2 Å². The molecule has 6 nitrogen and oxygen atoms in total. The van der Waals surface area contributed by atoms with Crippen LogP contribution in [0.4, 0.5) is 6.01 Å². The van der Waals surface area contributed by atoms with Gasteiger partial charge in [0, 0.05) is 4.47 Å². The lowest BCUT2D eigenvalue weighted by molar-refractivity contribution is -0.137. The van der Waals surface area contributed by atoms with Crippen LogP contribution in [0.2, 0.25) is 0 Å². The lowest BCUT2D eigenvalue weighted by Gasteiger charge is -2.09. The minimum absolute atomic E-state index is 0.103. The first-order chi connectivity index (χ1) is 8.90. The van der Waals surface area contributed by atoms with Crippen molar-refractivity contribution in [2.45, 2.75) is 19.9 Å². The zero-order chi connectivity index (χ0) is 14.2. The molecular formula is C12H11BrN2O4. The molecule has 0 saturated heterocycles. The first-order valence-corrected chi connectivity index (χ1v) is 6.28. The highest BCUT2D eigenvalue weighted by Crippen LogP contribution is 2.24. The van der Waals surface area contributed by atoms with Gasteiger partial charge in [-0.1, -0.05) is 15.9 Å². The van der Waals surface area contributed by atoms with Gasteiger partial charge in [0.15, 0.2) is 0 Å². The molecule has 0 fully saturated rings. The fourth-order valence-corrected chi connectivity index (χ4v) is 1.93. The highest BCUT2D eigenvalue weighted by molar-refractivity contribution is 9.10. The molecule has 100 valence electrons. The van der Waals surface area contributed by atoms with Gasteiger partial charge in [0.05, 0.1) is 5.39 Å². The predicted octanol–water partition coefficient (Wildman–Crippen LogP) is 2.14. The fourth-order valence-electron chi connectivity index (χ4n) is 1.60. The van der Waals surface area contributed by atoms with Gasteiger partial charge in [-0.05, 0) is 31.5 Å². The summed E-state index contributed by atoms with van der Waals surface area (Å²) >= 11 is 3.33. The highest BCUT2D eigenvalue weighted by atomic mass is 79.9. The van der Waals surface area contributed by atoms with Crippen molar-refractivity contribution in [3.63, 3.8) is 0 Å². The van der Waals surface area contributed by atoms with E-state index in [-0.39, 0.29) is 6.01 Å². The summed E-state index contributed by atoms with van der Waals surface area (Å²) in [6, 6.07) is 2.38. The summed E-state index contributed by atoms with van der Waals surface area (Å²) in [7, 11) is 0. The Hall–Kier alpha value is -1.89. The third-order valence-corrected chi connectivity index (χ3v) is 3.55. The number of aromatic nitrogens is 1. The van der Waals surface area contributed by atoms with E-state index < -0.39 is 17.6 Å². The molecule has 0 aliphatic rings. The predicted molar refractivity (Wildman–Crippen MR) is 73.4 cm³/mol. The minimum atomic E-state index is -1.06. The van der Waals surface area contributed by atoms with E-state index in [1.165, 1.54) is 6.92 Å². The van der Waals surface area contributed by atoms with Crippen molar-refractivity contribution in [2.75, 3.05) is 5.32 Å². The van der Waals surface area contributed by atoms with Crippen LogP contribution in [-0.2, 0) is 4.79 Å². The van der Waals surface area contributed by atoms with Crippen molar-refractivity contribution in [2.24, 2.45) is 0 Å². The van der Waals surface area contributed by atoms with Crippen LogP contribution in [-0.4, -0.2) is 22.1 Å². The summed E-state index contributed by atoms with van der Waals surface area (Å²) in [5.41, 5.74) is 0.637. The summed E-state index contributed by atoms with van der Waals surface area (Å²) in [4.78, 5) is 26.4. The van der Waals surface area contributed by atoms with Gasteiger partial charge in [0.25, 0.3) is 11.6 Å². The maximum absolute atomic E-state index is 11.9. The van der Waals surface area contributed by atoms with Gasteiger partial charge < -0.3 is 14.8 Å². The van der Waals surface area contributed by atoms with Crippen molar-refractivity contribution >= 4 is 38.9 Å². The normalized spacial score (nSPS) is 12.4. The van der Waals surface area contributed by atoms with Gasteiger partial charge in [-0.25, -0.2) is 0 Å². The molecule has 0 amide bonds. The highest BCUT2D eigenvalue weighted by Gasteiger charge is 2.15. The maximum Gasteiger partial charge on any atom is 0.325 e. The summed E-state index contributed by atoms with van der Waals surface area (Å²) in [5.74, 6) is -1.06. The quantitative estimate of drug-likeness (QED) is 0.897. The number of carboxylic acids is 1. The standard InChI is InChI=1S/C12H11BrN2O4/c1-5-7(13)3-4-8-9(5)10(16)15-12(19-8)14-6(2)11(17)18/h3-4,6H,1-2H3,(H,17,18)(H,14,15,16)/t6-/m0/s1. The van der Waals surface area contributed by atoms with Crippen molar-refractivity contribution in [1.29, 1.82) is 0 Å². The molecule has 1 aromatic carbocycles. The molecule has 2 aromatic rings. The molecule has 7 heteroatoms. The zero-order valence-corrected chi connectivity index (χ0v) is 11.8. The van der Waals surface area contributed by atoms with Crippen LogP contribution in [0, 0.1) is 6.92 Å². The van der Waals surface area contributed by atoms with Crippen LogP contribution in [0.1, 0.15) is 12.5 Å². The second kappa shape index (κ2) is 5.00. The fraction of sp³-hybridized carbons (Fsp3) is 0.250. The second-order valence-electron chi connectivity index (χ2n) is 4.07. The molecule has 1 heterocycles. The van der Waals surface area contributed by atoms with E-state index in [0.717, 1.165) is 10.0 Å². The molecule has 0 radical (unpaired) electrons. The first kappa shape index (κ1) is 13.5. The maximum atomic E-state index is 11.9. The molecule has 0 bridgehead atoms. The number of carbonyl (C=O) groups is 1. The van der Waals surface area contributed by atoms with Gasteiger partial charge in [0.1, 0.15) is 11.6 Å². The lowest BCUT2D eigenvalue weighted by Crippen LogP contribution is -2.27. The van der Waals surface area contributed by atoms with E-state index in [0.29, 0.717) is 11.0 Å². The van der Waals surface area contributed by atoms with Crippen LogP contribution < -0.4 is 10.9 Å². The Kier molecular flexibility index (Phi) is 3.57. The number of rotatable bonds is 3. The van der Waals surface area contributed by atoms with Gasteiger partial charge in [-0.3, -0.25) is 9.59 Å². The lowest BCUT2D eigenvalue weighted by atomic mass is 10.1. The number of aliphatic carboxylic acids is 1. The Morgan fingerprint density at radius 1 is 1.53 bits per heavy atom. The number of halogens is 1. The molecule has 1 atom stereocenters. The van der Waals surface area contributed by atoms with E-state index in [1.54, 1.807) is 19.1 Å². The average Bonchev–Trinajstić information content (AvgIpc) is 2.33. The molecule has 2 N–H and O–H groups in total. The van der Waals surface area contributed by atoms with Crippen molar-refractivity contribution in [3.8, 4) is 0 Å². The van der Waals surface area contributed by atoms with E-state index in [9.17, 15) is 9.59 Å². The molecule has 0 aliphatic heterocycles. The topological polar surface area (TPSA) is 92.4 Å². The minimum Gasteiger partial charge on any atom is -0.480 e. The molecule has 0 saturated carbocycles. The van der Waals surface area contributed by atoms with Crippen LogP contribution >= 0.6 is 15.9 Å². The number of anilines is 1. The van der Waals surface area contributed by atoms with Crippen LogP contribution in [0.3, 0.4) is 0 Å². The molecule has 19 heavy (non-hydrogen) atoms. The van der Waals surface area contributed by atoms with Crippen LogP contribution in [0.5, 0.6) is 0 Å². The van der Waals surface area contributed by atoms with Gasteiger partial charge in [0.2, 0.25) is 0 Å². The smallest absolute Gasteiger partial charge is 0.325 e. The molecule has 0 aliphatic carbocycles. The Labute approximate surface area is 116 Å². The Morgan fingerprint density at radius 2 is 2.21 bits per heavy atom. The Balaban J connectivity index is 2.55. The summed E-state index contributed by atoms with van der Waals surface area (Å²) in [5, 5.41) is 11.7. The summed E-state index contributed by atoms with van der Waals surface area (Å²) in [6.45, 7) is 3.21. The molecule has 1 aromatic heterocycles. The second-order valence-corrected chi connectivity index (χ2v) is 4.93. The number of carboxylic acid groups (broad SMARTS) is 1. The first-order valence-electron chi connectivity index (χ1n) is 5.49. The van der Waals surface area contributed by atoms with E-state index >= 15 is 0 Å². The van der Waals surface area contributed by atoms with Crippen LogP contribution in [0.15, 0.2) is 25.8 Å². The largest absolute Gasteiger partial charge is 0.480 e. The molecule has 2 rings (SSSR count). The molecular weight excluding hydrogens is 316 g/mol. The number of aryl methyl sites for hydroxylation is 1. The van der Waals surface area contributed by atoms with E-state index in [4.69, 9.17) is 9.52 Å². The number of hydrogen-bond acceptors (Lipinski definition) is 5. The third kappa shape index (κ3) is 2.60. The van der Waals surface area contributed by atoms with Gasteiger partial charge >= 0.3 is 5.97 Å². The Bertz CT molecular complexity index is 711. The Morgan fingerprint density at radius 3 is 2.84 bits per heavy atom. The van der Waals surface area contributed by atoms with Crippen LogP contribution in [0.25, 0.3) is 11.0 Å². The van der Waals surface area contributed by atoms with Crippen molar-refractivity contribution in [3.05, 3.63) is 32.5 Å². The average molecular weight is 327 g/mol. The summed E-state index contributed by atoms with van der Waals surface area (Å²) < 4.78 is 6.18.